The van der Waals surface area contributed by atoms with Crippen molar-refractivity contribution in [2.75, 3.05) is 23.7 Å². The first-order chi connectivity index (χ1) is 14.9. The van der Waals surface area contributed by atoms with Crippen molar-refractivity contribution >= 4 is 63.3 Å². The van der Waals surface area contributed by atoms with Gasteiger partial charge in [-0.3, -0.25) is 4.79 Å². The van der Waals surface area contributed by atoms with Gasteiger partial charge in [0.15, 0.2) is 16.9 Å². The summed E-state index contributed by atoms with van der Waals surface area (Å²) in [5, 5.41) is 17.2. The highest BCUT2D eigenvalue weighted by molar-refractivity contribution is 7.14. The van der Waals surface area contributed by atoms with Gasteiger partial charge in [-0.05, 0) is 43.5 Å². The van der Waals surface area contributed by atoms with Crippen LogP contribution in [0.2, 0.25) is 10.0 Å². The number of phenols is 1. The number of benzene rings is 2. The van der Waals surface area contributed by atoms with Crippen LogP contribution in [0.5, 0.6) is 5.75 Å². The van der Waals surface area contributed by atoms with Crippen molar-refractivity contribution < 1.29 is 14.5 Å². The van der Waals surface area contributed by atoms with Crippen molar-refractivity contribution in [3.05, 3.63) is 52.0 Å². The maximum atomic E-state index is 12.8. The van der Waals surface area contributed by atoms with Crippen LogP contribution in [0.4, 0.5) is 23.0 Å². The first-order valence-corrected chi connectivity index (χ1v) is 11.4. The smallest absolute Gasteiger partial charge is 0.257 e. The first kappa shape index (κ1) is 21.6. The second-order valence-corrected chi connectivity index (χ2v) is 8.63. The quantitative estimate of drug-likeness (QED) is 0.334. The number of para-hydroxylation sites is 1. The zero-order valence-corrected chi connectivity index (χ0v) is 18.6. The molecule has 1 aliphatic heterocycles. The summed E-state index contributed by atoms with van der Waals surface area (Å²) in [6.07, 6.45) is 3.00. The van der Waals surface area contributed by atoms with Crippen LogP contribution in [0.1, 0.15) is 29.6 Å². The Morgan fingerprint density at radius 2 is 1.61 bits per heavy atom. The number of carbonyl (C=O) groups is 1. The molecule has 3 N–H and O–H groups in total. The molecule has 0 bridgehead atoms. The third kappa shape index (κ3) is 4.69. The number of likely N-dealkylation sites (tertiary alicyclic amines) is 1. The lowest BCUT2D eigenvalue weighted by Crippen LogP contribution is -2.35. The number of nitrogens with zero attached hydrogens (tertiary/aromatic N) is 3. The van der Waals surface area contributed by atoms with Crippen LogP contribution in [0.25, 0.3) is 0 Å². The van der Waals surface area contributed by atoms with E-state index >= 15 is 0 Å². The molecular formula is C20H19Cl2N5O3S. The molecule has 162 valence electrons. The Morgan fingerprint density at radius 3 is 2.32 bits per heavy atom. The molecule has 0 spiro atoms. The summed E-state index contributed by atoms with van der Waals surface area (Å²) in [4.78, 5) is 14.6. The SMILES string of the molecule is O=C(c1cccc(Nc2n[s+]([O-])nc2Nc2cccc(Cl)c2Cl)c1O)N1CCCCC1. The van der Waals surface area contributed by atoms with E-state index in [4.69, 9.17) is 23.2 Å². The fraction of sp³-hybridized carbons (Fsp3) is 0.250. The summed E-state index contributed by atoms with van der Waals surface area (Å²) in [7, 11) is 0. The predicted molar refractivity (Wildman–Crippen MR) is 122 cm³/mol. The molecule has 4 rings (SSSR count). The second kappa shape index (κ2) is 9.27. The van der Waals surface area contributed by atoms with Crippen molar-refractivity contribution in [2.45, 2.75) is 19.3 Å². The van der Waals surface area contributed by atoms with Crippen LogP contribution in [0.3, 0.4) is 0 Å². The topological polar surface area (TPSA) is 113 Å². The van der Waals surface area contributed by atoms with Crippen molar-refractivity contribution in [1.82, 2.24) is 13.6 Å². The number of piperidine rings is 1. The first-order valence-electron chi connectivity index (χ1n) is 9.63. The molecular weight excluding hydrogens is 461 g/mol. The predicted octanol–water partition coefficient (Wildman–Crippen LogP) is 5.33. The van der Waals surface area contributed by atoms with Gasteiger partial charge in [-0.2, -0.15) is 0 Å². The standard InChI is InChI=1S/C20H19Cl2N5O3S/c21-13-7-5-8-14(16(13)22)23-18-19(26-31(30)25-18)24-15-9-4-6-12(17(15)28)20(29)27-10-2-1-3-11-27/h4-9,28H,1-3,10-11H2,(H,23,25)(H,24,26). The summed E-state index contributed by atoms with van der Waals surface area (Å²) in [5.74, 6) is -0.143. The largest absolute Gasteiger partial charge is 0.546 e. The number of anilines is 4. The highest BCUT2D eigenvalue weighted by atomic mass is 35.5. The minimum absolute atomic E-state index is 0.132. The monoisotopic (exact) mass is 479 g/mol. The lowest BCUT2D eigenvalue weighted by molar-refractivity contribution is 0.0721. The van der Waals surface area contributed by atoms with Crippen LogP contribution < -0.4 is 10.6 Å². The van der Waals surface area contributed by atoms with E-state index in [0.717, 1.165) is 19.3 Å². The maximum absolute atomic E-state index is 12.8. The van der Waals surface area contributed by atoms with Crippen LogP contribution in [0.15, 0.2) is 36.4 Å². The van der Waals surface area contributed by atoms with Gasteiger partial charge in [-0.15, -0.1) is 0 Å². The van der Waals surface area contributed by atoms with Gasteiger partial charge in [0.05, 0.1) is 27.0 Å². The van der Waals surface area contributed by atoms with Gasteiger partial charge < -0.3 is 25.2 Å². The number of hydrogen-bond donors (Lipinski definition) is 3. The molecule has 1 amide bonds. The third-order valence-corrected chi connectivity index (χ3v) is 6.43. The molecule has 1 aliphatic rings. The maximum Gasteiger partial charge on any atom is 0.257 e. The minimum Gasteiger partial charge on any atom is -0.546 e. The Kier molecular flexibility index (Phi) is 6.47. The Labute approximate surface area is 191 Å². The molecule has 1 atom stereocenters. The van der Waals surface area contributed by atoms with Crippen LogP contribution in [0, 0.1) is 0 Å². The normalized spacial score (nSPS) is 14.4. The molecule has 1 saturated heterocycles. The number of phenolic OH excluding ortho intramolecular Hbond substituents is 1. The Balaban J connectivity index is 1.60. The molecule has 1 fully saturated rings. The molecule has 1 aromatic heterocycles. The van der Waals surface area contributed by atoms with E-state index in [0.29, 0.717) is 23.8 Å². The Bertz CT molecular complexity index is 1120. The molecule has 8 nitrogen and oxygen atoms in total. The summed E-state index contributed by atoms with van der Waals surface area (Å²) in [6, 6.07) is 9.85. The number of hydrogen-bond acceptors (Lipinski definition) is 7. The highest BCUT2D eigenvalue weighted by Gasteiger charge is 2.24. The summed E-state index contributed by atoms with van der Waals surface area (Å²) in [6.45, 7) is 1.34. The zero-order chi connectivity index (χ0) is 22.0. The van der Waals surface area contributed by atoms with E-state index in [1.165, 1.54) is 0 Å². The molecule has 2 heterocycles. The zero-order valence-electron chi connectivity index (χ0n) is 16.3. The third-order valence-electron chi connectivity index (χ3n) is 4.93. The van der Waals surface area contributed by atoms with Gasteiger partial charge in [0.1, 0.15) is 0 Å². The van der Waals surface area contributed by atoms with Crippen LogP contribution in [-0.4, -0.2) is 42.3 Å². The van der Waals surface area contributed by atoms with Crippen molar-refractivity contribution in [3.63, 3.8) is 0 Å². The molecule has 0 saturated carbocycles. The number of nitrogens with one attached hydrogen (secondary N) is 2. The van der Waals surface area contributed by atoms with Gasteiger partial charge in [0.2, 0.25) is 11.6 Å². The fourth-order valence-corrected chi connectivity index (χ4v) is 4.33. The molecule has 31 heavy (non-hydrogen) atoms. The number of amides is 1. The van der Waals surface area contributed by atoms with Gasteiger partial charge in [-0.1, -0.05) is 35.3 Å². The minimum atomic E-state index is -1.85. The molecule has 0 aliphatic carbocycles. The number of aromatic nitrogens is 2. The number of aromatic hydroxyl groups is 1. The van der Waals surface area contributed by atoms with E-state index in [-0.39, 0.29) is 39.6 Å². The molecule has 3 aromatic rings. The summed E-state index contributed by atoms with van der Waals surface area (Å²) in [5.41, 5.74) is 0.891. The van der Waals surface area contributed by atoms with E-state index in [9.17, 15) is 14.5 Å². The second-order valence-electron chi connectivity index (χ2n) is 7.02. The van der Waals surface area contributed by atoms with Crippen LogP contribution >= 0.6 is 34.3 Å². The van der Waals surface area contributed by atoms with Gasteiger partial charge in [0.25, 0.3) is 5.91 Å². The van der Waals surface area contributed by atoms with Crippen molar-refractivity contribution in [2.24, 2.45) is 0 Å². The number of halogens is 2. The molecule has 11 heteroatoms. The molecule has 2 aromatic carbocycles. The molecule has 1 unspecified atom stereocenters. The summed E-state index contributed by atoms with van der Waals surface area (Å²) >= 11 is 10.4. The van der Waals surface area contributed by atoms with Crippen molar-refractivity contribution in [3.8, 4) is 5.75 Å². The average molecular weight is 480 g/mol. The Hall–Kier alpha value is -2.59. The summed E-state index contributed by atoms with van der Waals surface area (Å²) < 4.78 is 19.8. The number of carbonyl (C=O) groups excluding carboxylic acids is 1. The van der Waals surface area contributed by atoms with Crippen molar-refractivity contribution in [1.29, 1.82) is 0 Å². The van der Waals surface area contributed by atoms with Gasteiger partial charge in [-0.25, -0.2) is 0 Å². The van der Waals surface area contributed by atoms with Gasteiger partial charge >= 0.3 is 0 Å². The lowest BCUT2D eigenvalue weighted by atomic mass is 10.1. The van der Waals surface area contributed by atoms with Gasteiger partial charge in [0, 0.05) is 21.8 Å². The highest BCUT2D eigenvalue weighted by Crippen LogP contribution is 2.37. The van der Waals surface area contributed by atoms with Crippen LogP contribution in [-0.2, 0) is 0 Å². The number of rotatable bonds is 5. The van der Waals surface area contributed by atoms with E-state index in [1.807, 2.05) is 0 Å². The fourth-order valence-electron chi connectivity index (χ4n) is 3.37. The molecule has 0 radical (unpaired) electrons. The van der Waals surface area contributed by atoms with E-state index in [1.54, 1.807) is 41.3 Å². The average Bonchev–Trinajstić information content (AvgIpc) is 3.11. The van der Waals surface area contributed by atoms with E-state index in [2.05, 4.69) is 19.4 Å². The van der Waals surface area contributed by atoms with E-state index < -0.39 is 11.1 Å². The lowest BCUT2D eigenvalue weighted by Gasteiger charge is -2.27. The Morgan fingerprint density at radius 1 is 1.00 bits per heavy atom.